The van der Waals surface area contributed by atoms with Gasteiger partial charge in [0.1, 0.15) is 11.3 Å². The van der Waals surface area contributed by atoms with E-state index in [2.05, 4.69) is 53.5 Å². The fourth-order valence-corrected chi connectivity index (χ4v) is 2.80. The van der Waals surface area contributed by atoms with Crippen LogP contribution in [0.3, 0.4) is 0 Å². The third-order valence-corrected chi connectivity index (χ3v) is 3.81. The van der Waals surface area contributed by atoms with E-state index in [1.54, 1.807) is 6.20 Å². The van der Waals surface area contributed by atoms with E-state index in [-0.39, 0.29) is 0 Å². The average molecular weight is 285 g/mol. The summed E-state index contributed by atoms with van der Waals surface area (Å²) in [5, 5.41) is 1.06. The summed E-state index contributed by atoms with van der Waals surface area (Å²) in [4.78, 5) is 4.57. The summed E-state index contributed by atoms with van der Waals surface area (Å²) >= 11 is 0. The van der Waals surface area contributed by atoms with Crippen LogP contribution in [0.25, 0.3) is 33.4 Å². The van der Waals surface area contributed by atoms with Crippen molar-refractivity contribution in [3.05, 3.63) is 78.7 Å². The van der Waals surface area contributed by atoms with E-state index in [9.17, 15) is 0 Å². The first-order chi connectivity index (χ1) is 10.8. The Balaban J connectivity index is 1.89. The quantitative estimate of drug-likeness (QED) is 0.488. The van der Waals surface area contributed by atoms with Gasteiger partial charge in [-0.1, -0.05) is 48.5 Å². The van der Waals surface area contributed by atoms with Crippen LogP contribution in [-0.4, -0.2) is 4.98 Å². The minimum absolute atomic E-state index is 0.882. The van der Waals surface area contributed by atoms with Crippen molar-refractivity contribution in [3.8, 4) is 22.4 Å². The van der Waals surface area contributed by atoms with Gasteiger partial charge in [0.25, 0.3) is 0 Å². The molecule has 2 heteroatoms. The summed E-state index contributed by atoms with van der Waals surface area (Å²) in [6, 6.07) is 22.8. The molecule has 2 aromatic carbocycles. The molecule has 0 aliphatic carbocycles. The van der Waals surface area contributed by atoms with E-state index in [4.69, 9.17) is 4.42 Å². The number of hydrogen-bond donors (Lipinski definition) is 0. The summed E-state index contributed by atoms with van der Waals surface area (Å²) in [5.41, 5.74) is 5.35. The second-order valence-corrected chi connectivity index (χ2v) is 5.38. The van der Waals surface area contributed by atoms with Crippen molar-refractivity contribution in [3.63, 3.8) is 0 Å². The molecule has 0 fully saturated rings. The molecule has 2 heterocycles. The Kier molecular flexibility index (Phi) is 3.01. The first-order valence-corrected chi connectivity index (χ1v) is 7.32. The van der Waals surface area contributed by atoms with E-state index in [0.29, 0.717) is 0 Å². The summed E-state index contributed by atoms with van der Waals surface area (Å²) in [5.74, 6) is 0.906. The van der Waals surface area contributed by atoms with Gasteiger partial charge in [0, 0.05) is 17.1 Å². The van der Waals surface area contributed by atoms with Crippen molar-refractivity contribution in [1.82, 2.24) is 4.98 Å². The first-order valence-electron chi connectivity index (χ1n) is 7.32. The molecular formula is C20H15NO. The van der Waals surface area contributed by atoms with Gasteiger partial charge in [-0.2, -0.15) is 0 Å². The predicted molar refractivity (Wildman–Crippen MR) is 89.6 cm³/mol. The van der Waals surface area contributed by atoms with Gasteiger partial charge in [0.05, 0.1) is 5.69 Å². The summed E-state index contributed by atoms with van der Waals surface area (Å²) in [7, 11) is 0. The highest BCUT2D eigenvalue weighted by Gasteiger charge is 2.10. The fraction of sp³-hybridized carbons (Fsp3) is 0.0500. The van der Waals surface area contributed by atoms with Crippen molar-refractivity contribution in [2.45, 2.75) is 6.92 Å². The lowest BCUT2D eigenvalue weighted by Gasteiger charge is -2.06. The fourth-order valence-electron chi connectivity index (χ4n) is 2.80. The minimum atomic E-state index is 0.882. The lowest BCUT2D eigenvalue weighted by Crippen LogP contribution is -1.85. The predicted octanol–water partition coefficient (Wildman–Crippen LogP) is 5.47. The number of hydrogen-bond acceptors (Lipinski definition) is 2. The number of aryl methyl sites for hydroxylation is 1. The molecule has 4 rings (SSSR count). The number of furan rings is 1. The van der Waals surface area contributed by atoms with Crippen LogP contribution in [0.1, 0.15) is 5.76 Å². The second-order valence-electron chi connectivity index (χ2n) is 5.38. The summed E-state index contributed by atoms with van der Waals surface area (Å²) < 4.78 is 5.70. The van der Waals surface area contributed by atoms with Gasteiger partial charge in [-0.3, -0.25) is 4.98 Å². The van der Waals surface area contributed by atoms with E-state index >= 15 is 0 Å². The van der Waals surface area contributed by atoms with E-state index in [1.807, 2.05) is 25.1 Å². The van der Waals surface area contributed by atoms with Crippen LogP contribution >= 0.6 is 0 Å². The number of rotatable bonds is 2. The molecule has 4 aromatic rings. The molecule has 0 saturated carbocycles. The molecule has 2 aromatic heterocycles. The van der Waals surface area contributed by atoms with Gasteiger partial charge in [0.15, 0.2) is 0 Å². The van der Waals surface area contributed by atoms with Gasteiger partial charge < -0.3 is 4.42 Å². The van der Waals surface area contributed by atoms with Crippen molar-refractivity contribution in [2.75, 3.05) is 0 Å². The molecule has 0 aliphatic heterocycles. The van der Waals surface area contributed by atoms with Crippen LogP contribution in [0.4, 0.5) is 0 Å². The third-order valence-electron chi connectivity index (χ3n) is 3.81. The van der Waals surface area contributed by atoms with Gasteiger partial charge in [-0.05, 0) is 36.2 Å². The van der Waals surface area contributed by atoms with Gasteiger partial charge in [-0.15, -0.1) is 0 Å². The van der Waals surface area contributed by atoms with E-state index in [0.717, 1.165) is 28.0 Å². The van der Waals surface area contributed by atoms with E-state index in [1.165, 1.54) is 11.1 Å². The van der Waals surface area contributed by atoms with Crippen molar-refractivity contribution < 1.29 is 4.42 Å². The van der Waals surface area contributed by atoms with Crippen molar-refractivity contribution in [1.29, 1.82) is 0 Å². The average Bonchev–Trinajstić information content (AvgIpc) is 2.96. The largest absolute Gasteiger partial charge is 0.461 e. The third kappa shape index (κ3) is 2.19. The zero-order valence-corrected chi connectivity index (χ0v) is 12.3. The van der Waals surface area contributed by atoms with Crippen LogP contribution in [0, 0.1) is 6.92 Å². The van der Waals surface area contributed by atoms with E-state index < -0.39 is 0 Å². The lowest BCUT2D eigenvalue weighted by atomic mass is 10.0. The molecule has 0 unspecified atom stereocenters. The Labute approximate surface area is 129 Å². The maximum atomic E-state index is 5.70. The van der Waals surface area contributed by atoms with Crippen LogP contribution < -0.4 is 0 Å². The number of pyridine rings is 1. The van der Waals surface area contributed by atoms with Crippen molar-refractivity contribution >= 4 is 11.0 Å². The van der Waals surface area contributed by atoms with Crippen LogP contribution in [0.5, 0.6) is 0 Å². The van der Waals surface area contributed by atoms with Gasteiger partial charge in [0.2, 0.25) is 0 Å². The SMILES string of the molecule is Cc1cc2c(-c3cccc(-c4ccccc4)c3)nccc2o1. The second kappa shape index (κ2) is 5.15. The summed E-state index contributed by atoms with van der Waals surface area (Å²) in [6.45, 7) is 1.96. The molecule has 0 N–H and O–H groups in total. The monoisotopic (exact) mass is 285 g/mol. The highest BCUT2D eigenvalue weighted by Crippen LogP contribution is 2.31. The number of benzene rings is 2. The Morgan fingerprint density at radius 1 is 0.773 bits per heavy atom. The van der Waals surface area contributed by atoms with Crippen LogP contribution in [0.2, 0.25) is 0 Å². The zero-order valence-electron chi connectivity index (χ0n) is 12.3. The molecule has 0 aliphatic rings. The van der Waals surface area contributed by atoms with Crippen molar-refractivity contribution in [2.24, 2.45) is 0 Å². The first kappa shape index (κ1) is 12.8. The Morgan fingerprint density at radius 2 is 1.55 bits per heavy atom. The number of fused-ring (bicyclic) bond motifs is 1. The lowest BCUT2D eigenvalue weighted by molar-refractivity contribution is 0.578. The highest BCUT2D eigenvalue weighted by atomic mass is 16.3. The smallest absolute Gasteiger partial charge is 0.137 e. The standard InChI is InChI=1S/C20H15NO/c1-14-12-18-19(22-14)10-11-21-20(18)17-9-5-8-16(13-17)15-6-3-2-4-7-15/h2-13H,1H3. The molecule has 0 saturated heterocycles. The maximum Gasteiger partial charge on any atom is 0.137 e. The molecule has 0 amide bonds. The maximum absolute atomic E-state index is 5.70. The Hall–Kier alpha value is -2.87. The minimum Gasteiger partial charge on any atom is -0.461 e. The molecular weight excluding hydrogens is 270 g/mol. The Bertz CT molecular complexity index is 938. The molecule has 0 radical (unpaired) electrons. The molecule has 2 nitrogen and oxygen atoms in total. The number of nitrogens with zero attached hydrogens (tertiary/aromatic N) is 1. The molecule has 0 spiro atoms. The highest BCUT2D eigenvalue weighted by molar-refractivity contribution is 5.92. The molecule has 0 bridgehead atoms. The van der Waals surface area contributed by atoms with Gasteiger partial charge in [-0.25, -0.2) is 0 Å². The number of aromatic nitrogens is 1. The normalized spacial score (nSPS) is 11.0. The van der Waals surface area contributed by atoms with Gasteiger partial charge >= 0.3 is 0 Å². The molecule has 106 valence electrons. The van der Waals surface area contributed by atoms with Crippen LogP contribution in [0.15, 0.2) is 77.3 Å². The molecule has 0 atom stereocenters. The van der Waals surface area contributed by atoms with Crippen LogP contribution in [-0.2, 0) is 0 Å². The topological polar surface area (TPSA) is 26.0 Å². The summed E-state index contributed by atoms with van der Waals surface area (Å²) in [6.07, 6.45) is 1.80. The molecule has 22 heavy (non-hydrogen) atoms. The zero-order chi connectivity index (χ0) is 14.9. The Morgan fingerprint density at radius 3 is 2.41 bits per heavy atom.